The van der Waals surface area contributed by atoms with E-state index in [2.05, 4.69) is 15.0 Å². The number of aromatic nitrogens is 1. The molecule has 0 saturated heterocycles. The Hall–Kier alpha value is -2.83. The molecular formula is C15H16N2O5. The fourth-order valence-electron chi connectivity index (χ4n) is 1.93. The number of esters is 1. The molecule has 0 fully saturated rings. The number of carbonyl (C=O) groups is 2. The van der Waals surface area contributed by atoms with Crippen LogP contribution >= 0.6 is 0 Å². The van der Waals surface area contributed by atoms with Crippen molar-refractivity contribution in [3.05, 3.63) is 40.2 Å². The fraction of sp³-hybridized carbons (Fsp3) is 0.267. The molecule has 0 atom stereocenters. The summed E-state index contributed by atoms with van der Waals surface area (Å²) < 4.78 is 9.66. The number of ether oxygens (including phenoxy) is 2. The van der Waals surface area contributed by atoms with Crippen LogP contribution in [0.3, 0.4) is 0 Å². The van der Waals surface area contributed by atoms with E-state index in [9.17, 15) is 14.4 Å². The van der Waals surface area contributed by atoms with Crippen molar-refractivity contribution in [2.24, 2.45) is 0 Å². The van der Waals surface area contributed by atoms with Gasteiger partial charge in [0.1, 0.15) is 5.75 Å². The third-order valence-corrected chi connectivity index (χ3v) is 3.03. The van der Waals surface area contributed by atoms with Gasteiger partial charge in [0.2, 0.25) is 0 Å². The van der Waals surface area contributed by atoms with E-state index in [0.29, 0.717) is 16.8 Å². The number of benzene rings is 1. The zero-order valence-corrected chi connectivity index (χ0v) is 12.3. The highest BCUT2D eigenvalue weighted by atomic mass is 16.5. The van der Waals surface area contributed by atoms with E-state index in [1.807, 2.05) is 0 Å². The first-order valence-electron chi connectivity index (χ1n) is 6.70. The Bertz CT molecular complexity index is 766. The van der Waals surface area contributed by atoms with Crippen molar-refractivity contribution in [3.63, 3.8) is 0 Å². The van der Waals surface area contributed by atoms with Gasteiger partial charge in [0.15, 0.2) is 0 Å². The molecule has 0 radical (unpaired) electrons. The minimum Gasteiger partial charge on any atom is -0.497 e. The van der Waals surface area contributed by atoms with E-state index in [-0.39, 0.29) is 18.7 Å². The van der Waals surface area contributed by atoms with Crippen LogP contribution in [0.15, 0.2) is 29.1 Å². The van der Waals surface area contributed by atoms with Crippen LogP contribution in [0.2, 0.25) is 0 Å². The molecule has 7 nitrogen and oxygen atoms in total. The summed E-state index contributed by atoms with van der Waals surface area (Å²) in [5, 5.41) is 3.15. The topological polar surface area (TPSA) is 97.5 Å². The Kier molecular flexibility index (Phi) is 4.77. The summed E-state index contributed by atoms with van der Waals surface area (Å²) in [7, 11) is 1.54. The molecule has 2 N–H and O–H groups in total. The number of pyridine rings is 1. The van der Waals surface area contributed by atoms with Crippen molar-refractivity contribution < 1.29 is 19.1 Å². The molecule has 22 heavy (non-hydrogen) atoms. The molecule has 0 unspecified atom stereocenters. The number of amides is 1. The van der Waals surface area contributed by atoms with Gasteiger partial charge in [-0.2, -0.15) is 0 Å². The third-order valence-electron chi connectivity index (χ3n) is 3.03. The number of rotatable bonds is 4. The Morgan fingerprint density at radius 3 is 2.73 bits per heavy atom. The van der Waals surface area contributed by atoms with Crippen LogP contribution in [0.5, 0.6) is 5.75 Å². The monoisotopic (exact) mass is 304 g/mol. The van der Waals surface area contributed by atoms with Crippen molar-refractivity contribution >= 4 is 22.8 Å². The number of H-pyrrole nitrogens is 1. The quantitative estimate of drug-likeness (QED) is 0.640. The van der Waals surface area contributed by atoms with Crippen LogP contribution in [-0.4, -0.2) is 30.6 Å². The Labute approximate surface area is 126 Å². The second-order valence-electron chi connectivity index (χ2n) is 4.48. The second kappa shape index (κ2) is 6.75. The molecule has 1 amide bonds. The zero-order chi connectivity index (χ0) is 16.1. The van der Waals surface area contributed by atoms with Crippen molar-refractivity contribution in [3.8, 4) is 5.75 Å². The number of carbonyl (C=O) groups excluding carboxylic acids is 2. The van der Waals surface area contributed by atoms with Gasteiger partial charge in [-0.3, -0.25) is 9.59 Å². The van der Waals surface area contributed by atoms with Gasteiger partial charge in [0, 0.05) is 18.2 Å². The van der Waals surface area contributed by atoms with Gasteiger partial charge in [-0.25, -0.2) is 4.79 Å². The van der Waals surface area contributed by atoms with Crippen LogP contribution in [-0.2, 0) is 20.9 Å². The molecule has 0 saturated carbocycles. The van der Waals surface area contributed by atoms with Crippen LogP contribution in [0.4, 0.5) is 0 Å². The van der Waals surface area contributed by atoms with E-state index in [1.54, 1.807) is 38.3 Å². The summed E-state index contributed by atoms with van der Waals surface area (Å²) >= 11 is 0. The SMILES string of the molecule is CCOC(=O)C(=O)NCc1cc2ccc(OC)cc2[nH]c1=O. The molecule has 7 heteroatoms. The van der Waals surface area contributed by atoms with Gasteiger partial charge in [-0.05, 0) is 30.5 Å². The molecule has 1 heterocycles. The first-order valence-corrected chi connectivity index (χ1v) is 6.70. The predicted molar refractivity (Wildman–Crippen MR) is 79.6 cm³/mol. The maximum atomic E-state index is 12.0. The molecule has 1 aromatic carbocycles. The number of hydrogen-bond acceptors (Lipinski definition) is 5. The van der Waals surface area contributed by atoms with Crippen LogP contribution in [0, 0.1) is 0 Å². The molecule has 116 valence electrons. The first-order chi connectivity index (χ1) is 10.5. The summed E-state index contributed by atoms with van der Waals surface area (Å²) in [4.78, 5) is 37.3. The lowest BCUT2D eigenvalue weighted by molar-refractivity contribution is -0.154. The highest BCUT2D eigenvalue weighted by molar-refractivity contribution is 6.32. The second-order valence-corrected chi connectivity index (χ2v) is 4.48. The number of nitrogens with one attached hydrogen (secondary N) is 2. The first kappa shape index (κ1) is 15.6. The van der Waals surface area contributed by atoms with Crippen molar-refractivity contribution in [2.45, 2.75) is 13.5 Å². The van der Waals surface area contributed by atoms with Gasteiger partial charge >= 0.3 is 11.9 Å². The molecular weight excluding hydrogens is 288 g/mol. The summed E-state index contributed by atoms with van der Waals surface area (Å²) in [6.45, 7) is 1.66. The van der Waals surface area contributed by atoms with Crippen molar-refractivity contribution in [2.75, 3.05) is 13.7 Å². The normalized spacial score (nSPS) is 10.3. The standard InChI is InChI=1S/C15H16N2O5/c1-3-22-15(20)14(19)16-8-10-6-9-4-5-11(21-2)7-12(9)17-13(10)18/h4-7H,3,8H2,1-2H3,(H,16,19)(H,17,18). The largest absolute Gasteiger partial charge is 0.497 e. The molecule has 0 aliphatic carbocycles. The minimum atomic E-state index is -0.968. The molecule has 0 bridgehead atoms. The molecule has 0 aliphatic rings. The van der Waals surface area contributed by atoms with E-state index in [4.69, 9.17) is 4.74 Å². The zero-order valence-electron chi connectivity index (χ0n) is 12.3. The minimum absolute atomic E-state index is 0.0606. The lowest BCUT2D eigenvalue weighted by Crippen LogP contribution is -2.33. The highest BCUT2D eigenvalue weighted by Gasteiger charge is 2.14. The Balaban J connectivity index is 2.18. The lowest BCUT2D eigenvalue weighted by atomic mass is 10.1. The van der Waals surface area contributed by atoms with Crippen molar-refractivity contribution in [1.82, 2.24) is 10.3 Å². The summed E-state index contributed by atoms with van der Waals surface area (Å²) in [5.74, 6) is -1.22. The van der Waals surface area contributed by atoms with Crippen LogP contribution in [0.1, 0.15) is 12.5 Å². The predicted octanol–water partition coefficient (Wildman–Crippen LogP) is 0.716. The maximum absolute atomic E-state index is 12.0. The molecule has 0 spiro atoms. The number of fused-ring (bicyclic) bond motifs is 1. The van der Waals surface area contributed by atoms with Gasteiger partial charge in [0.05, 0.1) is 19.2 Å². The molecule has 2 aromatic rings. The molecule has 0 aliphatic heterocycles. The van der Waals surface area contributed by atoms with E-state index < -0.39 is 11.9 Å². The van der Waals surface area contributed by atoms with Gasteiger partial charge in [-0.1, -0.05) is 0 Å². The van der Waals surface area contributed by atoms with E-state index in [0.717, 1.165) is 5.39 Å². The highest BCUT2D eigenvalue weighted by Crippen LogP contribution is 2.18. The van der Waals surface area contributed by atoms with E-state index >= 15 is 0 Å². The average molecular weight is 304 g/mol. The summed E-state index contributed by atoms with van der Waals surface area (Å²) in [6.07, 6.45) is 0. The van der Waals surface area contributed by atoms with E-state index in [1.165, 1.54) is 0 Å². The maximum Gasteiger partial charge on any atom is 0.396 e. The van der Waals surface area contributed by atoms with Gasteiger partial charge in [-0.15, -0.1) is 0 Å². The van der Waals surface area contributed by atoms with Gasteiger partial charge in [0.25, 0.3) is 5.56 Å². The van der Waals surface area contributed by atoms with Crippen LogP contribution < -0.4 is 15.6 Å². The van der Waals surface area contributed by atoms with Gasteiger partial charge < -0.3 is 19.8 Å². The number of hydrogen-bond donors (Lipinski definition) is 2. The molecule has 1 aromatic heterocycles. The van der Waals surface area contributed by atoms with Crippen LogP contribution in [0.25, 0.3) is 10.9 Å². The molecule has 2 rings (SSSR count). The lowest BCUT2D eigenvalue weighted by Gasteiger charge is -2.06. The number of methoxy groups -OCH3 is 1. The smallest absolute Gasteiger partial charge is 0.396 e. The van der Waals surface area contributed by atoms with Crippen molar-refractivity contribution in [1.29, 1.82) is 0 Å². The number of aromatic amines is 1. The average Bonchev–Trinajstić information content (AvgIpc) is 2.52. The Morgan fingerprint density at radius 2 is 2.05 bits per heavy atom. The third kappa shape index (κ3) is 3.43. The fourth-order valence-corrected chi connectivity index (χ4v) is 1.93. The summed E-state index contributed by atoms with van der Waals surface area (Å²) in [5.41, 5.74) is 0.630. The summed E-state index contributed by atoms with van der Waals surface area (Å²) in [6, 6.07) is 6.92. The Morgan fingerprint density at radius 1 is 1.27 bits per heavy atom.